The molecule has 1 saturated heterocycles. The molecule has 1 aromatic carbocycles. The molecule has 0 radical (unpaired) electrons. The van der Waals surface area contributed by atoms with Crippen LogP contribution in [0.25, 0.3) is 0 Å². The van der Waals surface area contributed by atoms with Crippen molar-refractivity contribution in [2.75, 3.05) is 12.3 Å². The molecule has 0 bridgehead atoms. The van der Waals surface area contributed by atoms with Crippen LogP contribution in [0, 0.1) is 0 Å². The Labute approximate surface area is 83.8 Å². The standard InChI is InChI=1S/C11H15NO2/c1-11(2)13-7-10(14-11)8-3-5-9(12)6-4-8/h3-6,10H,7,12H2,1-2H3. The molecule has 1 unspecified atom stereocenters. The van der Waals surface area contributed by atoms with Gasteiger partial charge in [0.25, 0.3) is 0 Å². The molecule has 1 heterocycles. The fourth-order valence-corrected chi connectivity index (χ4v) is 1.56. The van der Waals surface area contributed by atoms with Gasteiger partial charge in [-0.2, -0.15) is 0 Å². The maximum atomic E-state index is 5.71. The van der Waals surface area contributed by atoms with E-state index in [-0.39, 0.29) is 6.10 Å². The Morgan fingerprint density at radius 3 is 2.43 bits per heavy atom. The third-order valence-corrected chi connectivity index (χ3v) is 2.32. The molecule has 76 valence electrons. The molecule has 0 spiro atoms. The number of benzene rings is 1. The molecule has 1 aliphatic rings. The van der Waals surface area contributed by atoms with Crippen LogP contribution in [-0.4, -0.2) is 12.4 Å². The highest BCUT2D eigenvalue weighted by atomic mass is 16.7. The molecule has 1 atom stereocenters. The van der Waals surface area contributed by atoms with Crippen LogP contribution in [0.1, 0.15) is 25.5 Å². The van der Waals surface area contributed by atoms with E-state index < -0.39 is 5.79 Å². The van der Waals surface area contributed by atoms with Crippen LogP contribution in [-0.2, 0) is 9.47 Å². The highest BCUT2D eigenvalue weighted by Crippen LogP contribution is 2.32. The predicted octanol–water partition coefficient (Wildman–Crippen LogP) is 2.09. The molecule has 0 amide bonds. The largest absolute Gasteiger partial charge is 0.399 e. The van der Waals surface area contributed by atoms with Gasteiger partial charge in [-0.05, 0) is 31.5 Å². The molecule has 0 saturated carbocycles. The zero-order valence-electron chi connectivity index (χ0n) is 8.49. The number of nitrogens with two attached hydrogens (primary N) is 1. The van der Waals surface area contributed by atoms with Crippen LogP contribution in [0.3, 0.4) is 0 Å². The average molecular weight is 193 g/mol. The molecule has 1 fully saturated rings. The van der Waals surface area contributed by atoms with Crippen LogP contribution in [0.4, 0.5) is 5.69 Å². The number of ether oxygens (including phenoxy) is 2. The van der Waals surface area contributed by atoms with Gasteiger partial charge in [0.1, 0.15) is 6.10 Å². The number of nitrogen functional groups attached to an aromatic ring is 1. The van der Waals surface area contributed by atoms with Gasteiger partial charge in [-0.3, -0.25) is 0 Å². The number of hydrogen-bond donors (Lipinski definition) is 1. The smallest absolute Gasteiger partial charge is 0.163 e. The number of hydrogen-bond acceptors (Lipinski definition) is 3. The van der Waals surface area contributed by atoms with Gasteiger partial charge in [0.2, 0.25) is 0 Å². The van der Waals surface area contributed by atoms with E-state index >= 15 is 0 Å². The number of anilines is 1. The Morgan fingerprint density at radius 2 is 1.93 bits per heavy atom. The van der Waals surface area contributed by atoms with E-state index in [9.17, 15) is 0 Å². The van der Waals surface area contributed by atoms with Crippen LogP contribution in [0.2, 0.25) is 0 Å². The van der Waals surface area contributed by atoms with E-state index in [0.29, 0.717) is 6.61 Å². The van der Waals surface area contributed by atoms with Crippen molar-refractivity contribution in [2.24, 2.45) is 0 Å². The third kappa shape index (κ3) is 1.89. The fraction of sp³-hybridized carbons (Fsp3) is 0.455. The molecule has 0 aromatic heterocycles. The molecule has 2 rings (SSSR count). The summed E-state index contributed by atoms with van der Waals surface area (Å²) in [5.41, 5.74) is 7.49. The van der Waals surface area contributed by atoms with Crippen molar-refractivity contribution in [3.8, 4) is 0 Å². The summed E-state index contributed by atoms with van der Waals surface area (Å²) in [5.74, 6) is -0.466. The zero-order chi connectivity index (χ0) is 10.2. The minimum absolute atomic E-state index is 0.0330. The summed E-state index contributed by atoms with van der Waals surface area (Å²) in [5, 5.41) is 0. The molecule has 1 aromatic rings. The summed E-state index contributed by atoms with van der Waals surface area (Å²) in [6.45, 7) is 4.45. The second kappa shape index (κ2) is 3.26. The summed E-state index contributed by atoms with van der Waals surface area (Å²) in [6, 6.07) is 7.71. The van der Waals surface area contributed by atoms with Crippen molar-refractivity contribution in [1.82, 2.24) is 0 Å². The van der Waals surface area contributed by atoms with E-state index in [1.807, 2.05) is 38.1 Å². The summed E-state index contributed by atoms with van der Waals surface area (Å²) >= 11 is 0. The summed E-state index contributed by atoms with van der Waals surface area (Å²) in [7, 11) is 0. The highest BCUT2D eigenvalue weighted by Gasteiger charge is 2.33. The maximum absolute atomic E-state index is 5.71. The Kier molecular flexibility index (Phi) is 2.21. The first kappa shape index (κ1) is 9.49. The molecule has 0 aliphatic carbocycles. The second-order valence-electron chi connectivity index (χ2n) is 3.98. The van der Waals surface area contributed by atoms with Crippen molar-refractivity contribution >= 4 is 5.69 Å². The maximum Gasteiger partial charge on any atom is 0.163 e. The Bertz CT molecular complexity index is 319. The summed E-state index contributed by atoms with van der Waals surface area (Å²) in [6.07, 6.45) is 0.0330. The van der Waals surface area contributed by atoms with Crippen molar-refractivity contribution in [1.29, 1.82) is 0 Å². The minimum Gasteiger partial charge on any atom is -0.399 e. The Morgan fingerprint density at radius 1 is 1.29 bits per heavy atom. The van der Waals surface area contributed by atoms with Gasteiger partial charge in [-0.15, -0.1) is 0 Å². The SMILES string of the molecule is CC1(C)OCC(c2ccc(N)cc2)O1. The van der Waals surface area contributed by atoms with E-state index in [2.05, 4.69) is 0 Å². The first-order valence-corrected chi connectivity index (χ1v) is 4.74. The first-order valence-electron chi connectivity index (χ1n) is 4.74. The fourth-order valence-electron chi connectivity index (χ4n) is 1.56. The van der Waals surface area contributed by atoms with Gasteiger partial charge in [-0.1, -0.05) is 12.1 Å². The molecule has 1 aliphatic heterocycles. The monoisotopic (exact) mass is 193 g/mol. The van der Waals surface area contributed by atoms with Gasteiger partial charge in [0.15, 0.2) is 5.79 Å². The zero-order valence-corrected chi connectivity index (χ0v) is 8.49. The van der Waals surface area contributed by atoms with Crippen LogP contribution in [0.5, 0.6) is 0 Å². The quantitative estimate of drug-likeness (QED) is 0.694. The van der Waals surface area contributed by atoms with E-state index in [0.717, 1.165) is 11.3 Å². The van der Waals surface area contributed by atoms with Crippen LogP contribution < -0.4 is 5.73 Å². The van der Waals surface area contributed by atoms with Gasteiger partial charge >= 0.3 is 0 Å². The minimum atomic E-state index is -0.466. The molecule has 3 heteroatoms. The van der Waals surface area contributed by atoms with Crippen molar-refractivity contribution in [3.05, 3.63) is 29.8 Å². The van der Waals surface area contributed by atoms with Gasteiger partial charge in [-0.25, -0.2) is 0 Å². The highest BCUT2D eigenvalue weighted by molar-refractivity contribution is 5.40. The predicted molar refractivity (Wildman–Crippen MR) is 54.7 cm³/mol. The molecular formula is C11H15NO2. The van der Waals surface area contributed by atoms with Crippen molar-refractivity contribution in [3.63, 3.8) is 0 Å². The van der Waals surface area contributed by atoms with Crippen molar-refractivity contribution < 1.29 is 9.47 Å². The lowest BCUT2D eigenvalue weighted by Crippen LogP contribution is -2.19. The normalized spacial score (nSPS) is 25.1. The molecular weight excluding hydrogens is 178 g/mol. The van der Waals surface area contributed by atoms with E-state index in [1.54, 1.807) is 0 Å². The first-order chi connectivity index (χ1) is 6.57. The van der Waals surface area contributed by atoms with Crippen LogP contribution >= 0.6 is 0 Å². The summed E-state index contributed by atoms with van der Waals surface area (Å²) in [4.78, 5) is 0. The van der Waals surface area contributed by atoms with Crippen LogP contribution in [0.15, 0.2) is 24.3 Å². The third-order valence-electron chi connectivity index (χ3n) is 2.32. The molecule has 3 nitrogen and oxygen atoms in total. The second-order valence-corrected chi connectivity index (χ2v) is 3.98. The van der Waals surface area contributed by atoms with Gasteiger partial charge in [0.05, 0.1) is 6.61 Å². The lowest BCUT2D eigenvalue weighted by molar-refractivity contribution is -0.139. The Hall–Kier alpha value is -1.06. The lowest BCUT2D eigenvalue weighted by Gasteiger charge is -2.17. The lowest BCUT2D eigenvalue weighted by atomic mass is 10.1. The number of rotatable bonds is 1. The van der Waals surface area contributed by atoms with E-state index in [1.165, 1.54) is 0 Å². The molecule has 14 heavy (non-hydrogen) atoms. The van der Waals surface area contributed by atoms with Crippen molar-refractivity contribution in [2.45, 2.75) is 25.7 Å². The topological polar surface area (TPSA) is 44.5 Å². The van der Waals surface area contributed by atoms with Gasteiger partial charge in [0, 0.05) is 5.69 Å². The average Bonchev–Trinajstić information content (AvgIpc) is 2.47. The van der Waals surface area contributed by atoms with Gasteiger partial charge < -0.3 is 15.2 Å². The van der Waals surface area contributed by atoms with E-state index in [4.69, 9.17) is 15.2 Å². The summed E-state index contributed by atoms with van der Waals surface area (Å²) < 4.78 is 11.2. The Balaban J connectivity index is 2.14. The molecule has 2 N–H and O–H groups in total.